The first-order valence-corrected chi connectivity index (χ1v) is 5.93. The van der Waals surface area contributed by atoms with Gasteiger partial charge in [0.15, 0.2) is 0 Å². The number of nitrogens with two attached hydrogens (primary N) is 1. The number of hydrogen-bond acceptors (Lipinski definition) is 3. The Morgan fingerprint density at radius 2 is 2.38 bits per heavy atom. The van der Waals surface area contributed by atoms with Crippen molar-refractivity contribution in [2.24, 2.45) is 5.73 Å². The van der Waals surface area contributed by atoms with Crippen LogP contribution < -0.4 is 10.6 Å². The summed E-state index contributed by atoms with van der Waals surface area (Å²) in [5.74, 6) is 0. The molecule has 0 aliphatic carbocycles. The van der Waals surface area contributed by atoms with Crippen molar-refractivity contribution >= 4 is 17.3 Å². The summed E-state index contributed by atoms with van der Waals surface area (Å²) in [4.78, 5) is 2.32. The van der Waals surface area contributed by atoms with Crippen LogP contribution in [0.1, 0.15) is 12.5 Å². The van der Waals surface area contributed by atoms with Gasteiger partial charge in [0, 0.05) is 29.8 Å². The van der Waals surface area contributed by atoms with E-state index in [0.717, 1.165) is 36.0 Å². The number of nitrogens with zero attached hydrogens (tertiary/aromatic N) is 1. The van der Waals surface area contributed by atoms with Gasteiger partial charge < -0.3 is 15.4 Å². The quantitative estimate of drug-likeness (QED) is 0.860. The van der Waals surface area contributed by atoms with E-state index >= 15 is 0 Å². The van der Waals surface area contributed by atoms with E-state index < -0.39 is 0 Å². The minimum atomic E-state index is 0.397. The van der Waals surface area contributed by atoms with Gasteiger partial charge >= 0.3 is 0 Å². The van der Waals surface area contributed by atoms with Crippen molar-refractivity contribution in [3.63, 3.8) is 0 Å². The van der Waals surface area contributed by atoms with Crippen molar-refractivity contribution in [1.82, 2.24) is 0 Å². The van der Waals surface area contributed by atoms with Crippen LogP contribution in [0.5, 0.6) is 0 Å². The van der Waals surface area contributed by atoms with Crippen molar-refractivity contribution in [1.29, 1.82) is 0 Å². The van der Waals surface area contributed by atoms with E-state index in [9.17, 15) is 0 Å². The molecule has 1 saturated heterocycles. The third-order valence-corrected chi connectivity index (χ3v) is 3.31. The van der Waals surface area contributed by atoms with Gasteiger partial charge in [0.1, 0.15) is 0 Å². The van der Waals surface area contributed by atoms with Crippen molar-refractivity contribution in [3.8, 4) is 0 Å². The molecule has 0 aromatic heterocycles. The number of rotatable bonds is 2. The molecule has 1 aromatic rings. The fourth-order valence-corrected chi connectivity index (χ4v) is 2.24. The van der Waals surface area contributed by atoms with Gasteiger partial charge in [-0.2, -0.15) is 0 Å². The average molecular weight is 241 g/mol. The summed E-state index contributed by atoms with van der Waals surface area (Å²) in [5, 5.41) is 0.749. The Labute approximate surface area is 101 Å². The van der Waals surface area contributed by atoms with Crippen LogP contribution in [0.15, 0.2) is 18.2 Å². The highest BCUT2D eigenvalue weighted by Gasteiger charge is 2.19. The highest BCUT2D eigenvalue weighted by Crippen LogP contribution is 2.25. The van der Waals surface area contributed by atoms with Gasteiger partial charge in [-0.25, -0.2) is 0 Å². The standard InChI is InChI=1S/C12H17ClN2O/c1-9-8-16-5-4-15(9)11-3-2-10(7-14)12(13)6-11/h2-3,6,9H,4-5,7-8,14H2,1H3. The summed E-state index contributed by atoms with van der Waals surface area (Å²) >= 11 is 6.16. The Bertz CT molecular complexity index is 370. The number of benzene rings is 1. The number of hydrogen-bond donors (Lipinski definition) is 1. The van der Waals surface area contributed by atoms with E-state index in [4.69, 9.17) is 22.1 Å². The summed E-state index contributed by atoms with van der Waals surface area (Å²) in [7, 11) is 0. The molecular weight excluding hydrogens is 224 g/mol. The second-order valence-electron chi connectivity index (χ2n) is 4.10. The van der Waals surface area contributed by atoms with Gasteiger partial charge in [0.25, 0.3) is 0 Å². The molecule has 1 aromatic carbocycles. The van der Waals surface area contributed by atoms with E-state index in [2.05, 4.69) is 17.9 Å². The minimum Gasteiger partial charge on any atom is -0.377 e. The molecule has 1 heterocycles. The molecule has 1 fully saturated rings. The van der Waals surface area contributed by atoms with Crippen LogP contribution in [-0.2, 0) is 11.3 Å². The molecule has 1 aliphatic rings. The van der Waals surface area contributed by atoms with Gasteiger partial charge in [-0.05, 0) is 24.6 Å². The molecule has 4 heteroatoms. The van der Waals surface area contributed by atoms with Crippen LogP contribution in [0.3, 0.4) is 0 Å². The van der Waals surface area contributed by atoms with E-state index in [1.807, 2.05) is 12.1 Å². The maximum atomic E-state index is 6.16. The van der Waals surface area contributed by atoms with Crippen LogP contribution in [0.4, 0.5) is 5.69 Å². The molecule has 88 valence electrons. The number of morpholine rings is 1. The molecule has 2 N–H and O–H groups in total. The van der Waals surface area contributed by atoms with Crippen LogP contribution in [0, 0.1) is 0 Å². The third kappa shape index (κ3) is 2.32. The van der Waals surface area contributed by atoms with Gasteiger partial charge in [-0.3, -0.25) is 0 Å². The number of ether oxygens (including phenoxy) is 1. The molecule has 0 spiro atoms. The van der Waals surface area contributed by atoms with Crippen LogP contribution in [0.2, 0.25) is 5.02 Å². The second kappa shape index (κ2) is 5.04. The monoisotopic (exact) mass is 240 g/mol. The third-order valence-electron chi connectivity index (χ3n) is 2.96. The Balaban J connectivity index is 2.22. The summed E-state index contributed by atoms with van der Waals surface area (Å²) in [5.41, 5.74) is 7.73. The molecule has 1 unspecified atom stereocenters. The Kier molecular flexibility index (Phi) is 3.69. The molecular formula is C12H17ClN2O. The molecule has 0 radical (unpaired) electrons. The molecule has 16 heavy (non-hydrogen) atoms. The predicted octanol–water partition coefficient (Wildman–Crippen LogP) is 2.02. The highest BCUT2D eigenvalue weighted by molar-refractivity contribution is 6.31. The lowest BCUT2D eigenvalue weighted by Crippen LogP contribution is -2.43. The molecule has 0 bridgehead atoms. The molecule has 1 atom stereocenters. The molecule has 1 aliphatic heterocycles. The first-order valence-electron chi connectivity index (χ1n) is 5.55. The van der Waals surface area contributed by atoms with Gasteiger partial charge in [0.2, 0.25) is 0 Å². The van der Waals surface area contributed by atoms with E-state index in [1.54, 1.807) is 0 Å². The van der Waals surface area contributed by atoms with E-state index in [1.165, 1.54) is 0 Å². The molecule has 0 saturated carbocycles. The summed E-state index contributed by atoms with van der Waals surface area (Å²) in [6.07, 6.45) is 0. The first kappa shape index (κ1) is 11.7. The number of halogens is 1. The largest absolute Gasteiger partial charge is 0.377 e. The lowest BCUT2D eigenvalue weighted by molar-refractivity contribution is 0.0989. The average Bonchev–Trinajstić information content (AvgIpc) is 2.29. The fraction of sp³-hybridized carbons (Fsp3) is 0.500. The lowest BCUT2D eigenvalue weighted by atomic mass is 10.1. The summed E-state index contributed by atoms with van der Waals surface area (Å²) in [6.45, 7) is 5.11. The smallest absolute Gasteiger partial charge is 0.0668 e. The van der Waals surface area contributed by atoms with Crippen molar-refractivity contribution < 1.29 is 4.74 Å². The van der Waals surface area contributed by atoms with Crippen molar-refractivity contribution in [3.05, 3.63) is 28.8 Å². The second-order valence-corrected chi connectivity index (χ2v) is 4.50. The SMILES string of the molecule is CC1COCCN1c1ccc(CN)c(Cl)c1. The Hall–Kier alpha value is -0.770. The van der Waals surface area contributed by atoms with E-state index in [0.29, 0.717) is 12.6 Å². The van der Waals surface area contributed by atoms with Crippen LogP contribution >= 0.6 is 11.6 Å². The maximum Gasteiger partial charge on any atom is 0.0668 e. The van der Waals surface area contributed by atoms with Crippen LogP contribution in [0.25, 0.3) is 0 Å². The number of anilines is 1. The summed E-state index contributed by atoms with van der Waals surface area (Å²) < 4.78 is 5.41. The zero-order valence-electron chi connectivity index (χ0n) is 9.45. The minimum absolute atomic E-state index is 0.397. The van der Waals surface area contributed by atoms with Gasteiger partial charge in [0.05, 0.1) is 13.2 Å². The Morgan fingerprint density at radius 3 is 3.00 bits per heavy atom. The van der Waals surface area contributed by atoms with E-state index in [-0.39, 0.29) is 0 Å². The van der Waals surface area contributed by atoms with Crippen molar-refractivity contribution in [2.75, 3.05) is 24.7 Å². The van der Waals surface area contributed by atoms with Gasteiger partial charge in [-0.1, -0.05) is 17.7 Å². The molecule has 2 rings (SSSR count). The predicted molar refractivity (Wildman–Crippen MR) is 67.0 cm³/mol. The zero-order chi connectivity index (χ0) is 11.5. The molecule has 0 amide bonds. The fourth-order valence-electron chi connectivity index (χ4n) is 1.99. The summed E-state index contributed by atoms with van der Waals surface area (Å²) in [6, 6.07) is 6.47. The first-order chi connectivity index (χ1) is 7.72. The van der Waals surface area contributed by atoms with Crippen molar-refractivity contribution in [2.45, 2.75) is 19.5 Å². The zero-order valence-corrected chi connectivity index (χ0v) is 10.2. The van der Waals surface area contributed by atoms with Gasteiger partial charge in [-0.15, -0.1) is 0 Å². The Morgan fingerprint density at radius 1 is 1.56 bits per heavy atom. The topological polar surface area (TPSA) is 38.5 Å². The lowest BCUT2D eigenvalue weighted by Gasteiger charge is -2.35. The highest BCUT2D eigenvalue weighted by atomic mass is 35.5. The van der Waals surface area contributed by atoms with Crippen LogP contribution in [-0.4, -0.2) is 25.8 Å². The molecule has 3 nitrogen and oxygen atoms in total. The maximum absolute atomic E-state index is 6.16. The normalized spacial score (nSPS) is 21.2.